The van der Waals surface area contributed by atoms with E-state index in [4.69, 9.17) is 0 Å². The van der Waals surface area contributed by atoms with Gasteiger partial charge in [0.1, 0.15) is 11.4 Å². The highest BCUT2D eigenvalue weighted by atomic mass is 19.1. The average molecular weight is 448 g/mol. The van der Waals surface area contributed by atoms with Gasteiger partial charge >= 0.3 is 0 Å². The average Bonchev–Trinajstić information content (AvgIpc) is 3.35. The van der Waals surface area contributed by atoms with Gasteiger partial charge in [0.25, 0.3) is 17.4 Å². The van der Waals surface area contributed by atoms with Crippen LogP contribution in [-0.4, -0.2) is 38.3 Å². The Hall–Kier alpha value is -3.68. The third kappa shape index (κ3) is 3.86. The zero-order chi connectivity index (χ0) is 23.3. The predicted molar refractivity (Wildman–Crippen MR) is 121 cm³/mol. The fraction of sp³-hybridized carbons (Fsp3) is 0.320. The minimum Gasteiger partial charge on any atom is -0.365 e. The van der Waals surface area contributed by atoms with Crippen molar-refractivity contribution in [3.63, 3.8) is 0 Å². The number of hydrogen-bond donors (Lipinski definition) is 2. The first kappa shape index (κ1) is 21.2. The molecule has 1 aliphatic carbocycles. The van der Waals surface area contributed by atoms with E-state index >= 15 is 0 Å². The molecule has 0 unspecified atom stereocenters. The largest absolute Gasteiger partial charge is 0.365 e. The van der Waals surface area contributed by atoms with Crippen LogP contribution in [0.2, 0.25) is 0 Å². The highest BCUT2D eigenvalue weighted by molar-refractivity contribution is 5.97. The fourth-order valence-corrected chi connectivity index (χ4v) is 4.36. The van der Waals surface area contributed by atoms with E-state index in [-0.39, 0.29) is 23.6 Å². The lowest BCUT2D eigenvalue weighted by molar-refractivity contribution is 0.0733. The molecule has 0 atom stereocenters. The molecule has 1 aromatic carbocycles. The molecule has 2 aromatic heterocycles. The Kier molecular flexibility index (Phi) is 4.96. The van der Waals surface area contributed by atoms with Crippen molar-refractivity contribution in [3.8, 4) is 5.69 Å². The van der Waals surface area contributed by atoms with Crippen molar-refractivity contribution in [1.82, 2.24) is 19.8 Å². The molecule has 33 heavy (non-hydrogen) atoms. The van der Waals surface area contributed by atoms with Crippen molar-refractivity contribution in [2.24, 2.45) is 0 Å². The number of hydrogen-bond acceptors (Lipinski definition) is 3. The molecule has 1 fully saturated rings. The van der Waals surface area contributed by atoms with Crippen molar-refractivity contribution in [1.29, 1.82) is 0 Å². The van der Waals surface area contributed by atoms with Gasteiger partial charge in [-0.25, -0.2) is 4.39 Å². The summed E-state index contributed by atoms with van der Waals surface area (Å²) in [6.07, 6.45) is 5.55. The van der Waals surface area contributed by atoms with Crippen LogP contribution in [-0.2, 0) is 13.0 Å². The monoisotopic (exact) mass is 448 g/mol. The number of amides is 2. The second kappa shape index (κ2) is 7.72. The van der Waals surface area contributed by atoms with Crippen molar-refractivity contribution < 1.29 is 14.0 Å². The molecular weight excluding hydrogens is 423 g/mol. The Morgan fingerprint density at radius 3 is 2.52 bits per heavy atom. The summed E-state index contributed by atoms with van der Waals surface area (Å²) in [5.41, 5.74) is 2.65. The van der Waals surface area contributed by atoms with Crippen LogP contribution in [0.5, 0.6) is 0 Å². The first-order valence-electron chi connectivity index (χ1n) is 11.0. The summed E-state index contributed by atoms with van der Waals surface area (Å²) < 4.78 is 14.9. The van der Waals surface area contributed by atoms with Gasteiger partial charge in [-0.3, -0.25) is 19.0 Å². The summed E-state index contributed by atoms with van der Waals surface area (Å²) in [7, 11) is 0. The molecule has 8 heteroatoms. The number of aryl methyl sites for hydroxylation is 1. The normalized spacial score (nSPS) is 16.3. The Balaban J connectivity index is 1.58. The predicted octanol–water partition coefficient (Wildman–Crippen LogP) is 3.09. The molecular formula is C25H25FN4O3. The Bertz CT molecular complexity index is 1320. The van der Waals surface area contributed by atoms with E-state index in [1.54, 1.807) is 23.4 Å². The number of halogens is 1. The van der Waals surface area contributed by atoms with Gasteiger partial charge in [-0.1, -0.05) is 0 Å². The van der Waals surface area contributed by atoms with E-state index in [1.807, 2.05) is 13.8 Å². The van der Waals surface area contributed by atoms with Gasteiger partial charge in [-0.15, -0.1) is 0 Å². The summed E-state index contributed by atoms with van der Waals surface area (Å²) >= 11 is 0. The number of rotatable bonds is 4. The third-order valence-corrected chi connectivity index (χ3v) is 6.62. The minimum absolute atomic E-state index is 0.101. The molecule has 0 saturated heterocycles. The fourth-order valence-electron chi connectivity index (χ4n) is 4.36. The maximum atomic E-state index is 13.5. The highest BCUT2D eigenvalue weighted by Gasteiger charge is 2.40. The summed E-state index contributed by atoms with van der Waals surface area (Å²) in [6, 6.07) is 7.30. The van der Waals surface area contributed by atoms with Crippen molar-refractivity contribution >= 4 is 11.8 Å². The number of fused-ring (bicyclic) bond motifs is 1. The second-order valence-corrected chi connectivity index (χ2v) is 9.17. The van der Waals surface area contributed by atoms with Gasteiger partial charge in [0, 0.05) is 42.4 Å². The Morgan fingerprint density at radius 1 is 1.15 bits per heavy atom. The molecule has 2 amide bonds. The standard InChI is InChI=1S/C25H25FN4O3/c1-15-19(7-11-27-15)23(32)29-12-8-20-16(13-29)14-30(18-5-3-17(26)4-6-18)24(33)21(20)22(31)28-25(2)9-10-25/h3-7,11,14,27H,8-10,12-13H2,1-2H3,(H,28,31). The number of aromatic amines is 1. The first-order valence-corrected chi connectivity index (χ1v) is 11.0. The lowest BCUT2D eigenvalue weighted by atomic mass is 9.95. The molecule has 5 rings (SSSR count). The van der Waals surface area contributed by atoms with E-state index in [0.717, 1.165) is 24.1 Å². The number of nitrogens with one attached hydrogen (secondary N) is 2. The van der Waals surface area contributed by atoms with Crippen LogP contribution in [0.1, 0.15) is 57.3 Å². The molecule has 0 bridgehead atoms. The van der Waals surface area contributed by atoms with E-state index in [1.165, 1.54) is 28.8 Å². The quantitative estimate of drug-likeness (QED) is 0.643. The van der Waals surface area contributed by atoms with Crippen LogP contribution < -0.4 is 10.9 Å². The number of benzene rings is 1. The molecule has 3 aromatic rings. The van der Waals surface area contributed by atoms with Crippen LogP contribution in [0.4, 0.5) is 4.39 Å². The molecule has 0 radical (unpaired) electrons. The van der Waals surface area contributed by atoms with Gasteiger partial charge in [0.15, 0.2) is 0 Å². The lowest BCUT2D eigenvalue weighted by Gasteiger charge is -2.30. The smallest absolute Gasteiger partial charge is 0.268 e. The van der Waals surface area contributed by atoms with Crippen LogP contribution in [0, 0.1) is 12.7 Å². The minimum atomic E-state index is -0.441. The number of H-pyrrole nitrogens is 1. The van der Waals surface area contributed by atoms with Crippen molar-refractivity contribution in [2.45, 2.75) is 45.2 Å². The number of pyridine rings is 1. The SMILES string of the molecule is Cc1[nH]ccc1C(=O)N1CCc2c(cn(-c3ccc(F)cc3)c(=O)c2C(=O)NC2(C)CC2)C1. The van der Waals surface area contributed by atoms with Gasteiger partial charge in [0.05, 0.1) is 5.56 Å². The zero-order valence-corrected chi connectivity index (χ0v) is 18.6. The third-order valence-electron chi connectivity index (χ3n) is 6.62. The molecule has 1 aliphatic heterocycles. The van der Waals surface area contributed by atoms with E-state index in [0.29, 0.717) is 29.8 Å². The van der Waals surface area contributed by atoms with Crippen molar-refractivity contribution in [2.75, 3.05) is 6.54 Å². The molecule has 170 valence electrons. The first-order chi connectivity index (χ1) is 15.8. The molecule has 2 N–H and O–H groups in total. The van der Waals surface area contributed by atoms with Crippen LogP contribution in [0.15, 0.2) is 47.5 Å². The van der Waals surface area contributed by atoms with Crippen LogP contribution >= 0.6 is 0 Å². The summed E-state index contributed by atoms with van der Waals surface area (Å²) in [5, 5.41) is 2.99. The van der Waals surface area contributed by atoms with Crippen LogP contribution in [0.3, 0.4) is 0 Å². The second-order valence-electron chi connectivity index (χ2n) is 9.17. The summed E-state index contributed by atoms with van der Waals surface area (Å²) in [6.45, 7) is 4.49. The lowest BCUT2D eigenvalue weighted by Crippen LogP contribution is -2.43. The summed E-state index contributed by atoms with van der Waals surface area (Å²) in [5.74, 6) is -0.910. The molecule has 2 aliphatic rings. The van der Waals surface area contributed by atoms with Gasteiger partial charge in [-0.2, -0.15) is 0 Å². The topological polar surface area (TPSA) is 87.2 Å². The number of carbonyl (C=O) groups is 2. The van der Waals surface area contributed by atoms with E-state index < -0.39 is 17.3 Å². The molecule has 3 heterocycles. The van der Waals surface area contributed by atoms with E-state index in [9.17, 15) is 18.8 Å². The maximum absolute atomic E-state index is 13.5. The number of nitrogens with zero attached hydrogens (tertiary/aromatic N) is 2. The Labute approximate surface area is 190 Å². The zero-order valence-electron chi connectivity index (χ0n) is 18.6. The number of carbonyl (C=O) groups excluding carboxylic acids is 2. The summed E-state index contributed by atoms with van der Waals surface area (Å²) in [4.78, 5) is 44.5. The van der Waals surface area contributed by atoms with Gasteiger partial charge in [-0.05, 0) is 74.6 Å². The molecule has 1 saturated carbocycles. The molecule has 7 nitrogen and oxygen atoms in total. The van der Waals surface area contributed by atoms with Gasteiger partial charge < -0.3 is 15.2 Å². The maximum Gasteiger partial charge on any atom is 0.268 e. The molecule has 0 spiro atoms. The number of aromatic nitrogens is 2. The van der Waals surface area contributed by atoms with Gasteiger partial charge in [0.2, 0.25) is 0 Å². The van der Waals surface area contributed by atoms with Crippen molar-refractivity contribution in [3.05, 3.63) is 86.8 Å². The Morgan fingerprint density at radius 2 is 1.88 bits per heavy atom. The van der Waals surface area contributed by atoms with Crippen LogP contribution in [0.25, 0.3) is 5.69 Å². The highest BCUT2D eigenvalue weighted by Crippen LogP contribution is 2.35. The van der Waals surface area contributed by atoms with E-state index in [2.05, 4.69) is 10.3 Å².